The van der Waals surface area contributed by atoms with Crippen molar-refractivity contribution in [2.75, 3.05) is 25.5 Å². The van der Waals surface area contributed by atoms with E-state index in [1.54, 1.807) is 20.8 Å². The molecule has 2 atom stereocenters. The van der Waals surface area contributed by atoms with Crippen LogP contribution in [0.1, 0.15) is 48.0 Å². The van der Waals surface area contributed by atoms with Crippen molar-refractivity contribution in [2.45, 2.75) is 60.2 Å². The minimum Gasteiger partial charge on any atom is -0.460 e. The Morgan fingerprint density at radius 1 is 1.10 bits per heavy atom. The van der Waals surface area contributed by atoms with Crippen molar-refractivity contribution in [3.05, 3.63) is 0 Å². The molecule has 0 heterocycles. The molecule has 0 aliphatic heterocycles. The second-order valence-electron chi connectivity index (χ2n) is 7.78. The van der Waals surface area contributed by atoms with Crippen LogP contribution in [0.2, 0.25) is 0 Å². The molecule has 0 aromatic heterocycles. The minimum atomic E-state index is -3.89. The fourth-order valence-corrected chi connectivity index (χ4v) is 2.96. The van der Waals surface area contributed by atoms with Gasteiger partial charge in [0.25, 0.3) is 10.1 Å². The van der Waals surface area contributed by atoms with Crippen molar-refractivity contribution in [1.29, 1.82) is 0 Å². The first-order valence-electron chi connectivity index (χ1n) is 9.34. The van der Waals surface area contributed by atoms with Gasteiger partial charge in [-0.25, -0.2) is 4.79 Å². The van der Waals surface area contributed by atoms with Crippen LogP contribution in [0.4, 0.5) is 0 Å². The largest absolute Gasteiger partial charge is 0.460 e. The second kappa shape index (κ2) is 12.1. The monoisotopic (exact) mass is 439 g/mol. The third kappa shape index (κ3) is 11.8. The number of carbonyl (C=O) groups excluding carboxylic acids is 3. The summed E-state index contributed by atoms with van der Waals surface area (Å²) in [5.41, 5.74) is -1.25. The van der Waals surface area contributed by atoms with Gasteiger partial charge in [0.05, 0.1) is 18.3 Å². The van der Waals surface area contributed by atoms with Crippen LogP contribution < -0.4 is 5.32 Å². The molecule has 0 fully saturated rings. The van der Waals surface area contributed by atoms with Gasteiger partial charge in [0.15, 0.2) is 6.10 Å². The number of aliphatic hydroxyl groups excluding tert-OH is 1. The molecule has 10 nitrogen and oxygen atoms in total. The van der Waals surface area contributed by atoms with E-state index >= 15 is 0 Å². The quantitative estimate of drug-likeness (QED) is 0.236. The number of hydrogen-bond acceptors (Lipinski definition) is 9. The Labute approximate surface area is 172 Å². The minimum absolute atomic E-state index is 0.167. The maximum Gasteiger partial charge on any atom is 0.335 e. The lowest BCUT2D eigenvalue weighted by Gasteiger charge is -2.28. The van der Waals surface area contributed by atoms with E-state index in [-0.39, 0.29) is 37.2 Å². The van der Waals surface area contributed by atoms with Crippen LogP contribution in [-0.4, -0.2) is 69.1 Å². The molecule has 0 aromatic carbocycles. The predicted molar refractivity (Wildman–Crippen MR) is 104 cm³/mol. The number of nitrogens with one attached hydrogen (secondary N) is 1. The fraction of sp³-hybridized carbons (Fsp3) is 0.833. The zero-order valence-electron chi connectivity index (χ0n) is 17.9. The van der Waals surface area contributed by atoms with Gasteiger partial charge in [0.2, 0.25) is 5.91 Å². The summed E-state index contributed by atoms with van der Waals surface area (Å²) in [6, 6.07) is 0. The Balaban J connectivity index is 4.50. The molecule has 1 unspecified atom stereocenters. The van der Waals surface area contributed by atoms with Gasteiger partial charge in [-0.15, -0.1) is 0 Å². The summed E-state index contributed by atoms with van der Waals surface area (Å²) in [5, 5.41) is 12.7. The number of amides is 1. The van der Waals surface area contributed by atoms with E-state index in [1.165, 1.54) is 20.8 Å². The Kier molecular flexibility index (Phi) is 11.4. The van der Waals surface area contributed by atoms with Crippen LogP contribution in [-0.2, 0) is 38.2 Å². The molecular weight excluding hydrogens is 406 g/mol. The van der Waals surface area contributed by atoms with E-state index in [1.807, 2.05) is 0 Å². The van der Waals surface area contributed by atoms with Crippen LogP contribution in [0.25, 0.3) is 0 Å². The summed E-state index contributed by atoms with van der Waals surface area (Å²) < 4.78 is 38.7. The Bertz CT molecular complexity index is 658. The molecule has 29 heavy (non-hydrogen) atoms. The Hall–Kier alpha value is -1.72. The number of hydrogen-bond donors (Lipinski definition) is 2. The highest BCUT2D eigenvalue weighted by molar-refractivity contribution is 7.86. The molecule has 0 aromatic rings. The molecule has 170 valence electrons. The molecule has 0 rings (SSSR count). The van der Waals surface area contributed by atoms with E-state index < -0.39 is 46.3 Å². The molecular formula is C18H33NO9S. The SMILES string of the molecule is CC(=O)NCCCS(=O)(=O)OCC(C)(C)C(O)C(=O)OC[C@@H](C)OC(=O)C(C)C. The van der Waals surface area contributed by atoms with Gasteiger partial charge >= 0.3 is 11.9 Å². The Morgan fingerprint density at radius 3 is 2.21 bits per heavy atom. The lowest BCUT2D eigenvalue weighted by Crippen LogP contribution is -2.42. The molecule has 0 bridgehead atoms. The van der Waals surface area contributed by atoms with Crippen LogP contribution in [0, 0.1) is 11.3 Å². The lowest BCUT2D eigenvalue weighted by molar-refractivity contribution is -0.169. The molecule has 2 N–H and O–H groups in total. The number of carbonyl (C=O) groups is 3. The van der Waals surface area contributed by atoms with E-state index in [4.69, 9.17) is 13.7 Å². The predicted octanol–water partition coefficient (Wildman–Crippen LogP) is 0.377. The average Bonchev–Trinajstić information content (AvgIpc) is 2.61. The molecule has 0 aliphatic carbocycles. The Morgan fingerprint density at radius 2 is 1.69 bits per heavy atom. The van der Waals surface area contributed by atoms with Gasteiger partial charge in [0, 0.05) is 18.9 Å². The van der Waals surface area contributed by atoms with E-state index in [9.17, 15) is 27.9 Å². The standard InChI is InChI=1S/C18H33NO9S/c1-12(2)16(22)28-13(3)10-26-17(23)15(21)18(5,6)11-27-29(24,25)9-7-8-19-14(4)20/h12-13,15,21H,7-11H2,1-6H3,(H,19,20)/t13-,15?/m1/s1. The molecule has 11 heteroatoms. The summed E-state index contributed by atoms with van der Waals surface area (Å²) in [6.45, 7) is 8.61. The van der Waals surface area contributed by atoms with Crippen LogP contribution in [0.3, 0.4) is 0 Å². The maximum absolute atomic E-state index is 12.1. The third-order valence-corrected chi connectivity index (χ3v) is 5.03. The van der Waals surface area contributed by atoms with Crippen molar-refractivity contribution in [3.63, 3.8) is 0 Å². The number of rotatable bonds is 13. The molecule has 1 amide bonds. The first-order valence-corrected chi connectivity index (χ1v) is 10.9. The van der Waals surface area contributed by atoms with E-state index in [0.717, 1.165) is 0 Å². The zero-order valence-corrected chi connectivity index (χ0v) is 18.7. The smallest absolute Gasteiger partial charge is 0.335 e. The summed E-state index contributed by atoms with van der Waals surface area (Å²) >= 11 is 0. The highest BCUT2D eigenvalue weighted by Gasteiger charge is 2.37. The molecule has 0 radical (unpaired) electrons. The maximum atomic E-state index is 12.1. The van der Waals surface area contributed by atoms with Gasteiger partial charge in [-0.3, -0.25) is 13.8 Å². The van der Waals surface area contributed by atoms with Crippen LogP contribution >= 0.6 is 0 Å². The topological polar surface area (TPSA) is 145 Å². The van der Waals surface area contributed by atoms with Crippen molar-refractivity contribution >= 4 is 28.0 Å². The molecule has 0 saturated heterocycles. The van der Waals surface area contributed by atoms with Crippen molar-refractivity contribution in [2.24, 2.45) is 11.3 Å². The summed E-state index contributed by atoms with van der Waals surface area (Å²) in [5.74, 6) is -2.32. The summed E-state index contributed by atoms with van der Waals surface area (Å²) in [7, 11) is -3.89. The normalized spacial score (nSPS) is 14.2. The van der Waals surface area contributed by atoms with Crippen molar-refractivity contribution in [3.8, 4) is 0 Å². The first-order chi connectivity index (χ1) is 13.2. The van der Waals surface area contributed by atoms with Crippen LogP contribution in [0.5, 0.6) is 0 Å². The first kappa shape index (κ1) is 27.3. The number of esters is 2. The third-order valence-electron chi connectivity index (χ3n) is 3.77. The van der Waals surface area contributed by atoms with Crippen LogP contribution in [0.15, 0.2) is 0 Å². The van der Waals surface area contributed by atoms with Gasteiger partial charge in [-0.05, 0) is 13.3 Å². The average molecular weight is 440 g/mol. The molecule has 0 aliphatic rings. The van der Waals surface area contributed by atoms with Gasteiger partial charge in [0.1, 0.15) is 12.7 Å². The zero-order chi connectivity index (χ0) is 22.8. The van der Waals surface area contributed by atoms with E-state index in [2.05, 4.69) is 5.32 Å². The summed E-state index contributed by atoms with van der Waals surface area (Å²) in [6.07, 6.45) is -2.17. The highest BCUT2D eigenvalue weighted by atomic mass is 32.2. The van der Waals surface area contributed by atoms with Crippen molar-refractivity contribution in [1.82, 2.24) is 5.32 Å². The molecule has 0 spiro atoms. The fourth-order valence-electron chi connectivity index (χ4n) is 1.86. The van der Waals surface area contributed by atoms with Gasteiger partial charge in [-0.2, -0.15) is 8.42 Å². The lowest BCUT2D eigenvalue weighted by atomic mass is 9.88. The van der Waals surface area contributed by atoms with Gasteiger partial charge < -0.3 is 19.9 Å². The summed E-state index contributed by atoms with van der Waals surface area (Å²) in [4.78, 5) is 34.3. The van der Waals surface area contributed by atoms with Gasteiger partial charge in [-0.1, -0.05) is 27.7 Å². The molecule has 0 saturated carbocycles. The number of aliphatic hydroxyl groups is 1. The second-order valence-corrected chi connectivity index (χ2v) is 9.54. The van der Waals surface area contributed by atoms with Crippen molar-refractivity contribution < 1.29 is 41.6 Å². The van der Waals surface area contributed by atoms with E-state index in [0.29, 0.717) is 0 Å². The number of ether oxygens (including phenoxy) is 2. The highest BCUT2D eigenvalue weighted by Crippen LogP contribution is 2.23.